The highest BCUT2D eigenvalue weighted by molar-refractivity contribution is 4.84. The summed E-state index contributed by atoms with van der Waals surface area (Å²) in [6.07, 6.45) is 5.40. The summed E-state index contributed by atoms with van der Waals surface area (Å²) in [5.74, 6) is 0. The van der Waals surface area contributed by atoms with Crippen LogP contribution in [0.2, 0.25) is 0 Å². The normalized spacial score (nSPS) is 19.6. The summed E-state index contributed by atoms with van der Waals surface area (Å²) < 4.78 is 0. The molecule has 13 heavy (non-hydrogen) atoms. The van der Waals surface area contributed by atoms with Crippen molar-refractivity contribution in [3.05, 3.63) is 0 Å². The maximum absolute atomic E-state index is 3.21. The van der Waals surface area contributed by atoms with Gasteiger partial charge in [-0.15, -0.1) is 0 Å². The Hall–Kier alpha value is -0.0800. The Balaban J connectivity index is 2.26. The molecule has 1 fully saturated rings. The summed E-state index contributed by atoms with van der Waals surface area (Å²) in [5.41, 5.74) is 0.424. The van der Waals surface area contributed by atoms with Crippen molar-refractivity contribution in [2.75, 3.05) is 26.7 Å². The second-order valence-electron chi connectivity index (χ2n) is 4.71. The minimum atomic E-state index is 0.424. The number of likely N-dealkylation sites (tertiary alicyclic amines) is 1. The molecule has 0 aromatic heterocycles. The van der Waals surface area contributed by atoms with E-state index in [9.17, 15) is 0 Å². The molecule has 1 heterocycles. The maximum Gasteiger partial charge on any atom is 0.0153 e. The lowest BCUT2D eigenvalue weighted by Crippen LogP contribution is -2.42. The van der Waals surface area contributed by atoms with E-state index >= 15 is 0 Å². The van der Waals surface area contributed by atoms with Crippen LogP contribution in [0.15, 0.2) is 0 Å². The molecule has 0 aromatic carbocycles. The van der Waals surface area contributed by atoms with Gasteiger partial charge in [0.15, 0.2) is 0 Å². The molecule has 78 valence electrons. The number of nitrogens with one attached hydrogen (secondary N) is 1. The SMILES string of the molecule is CNCCCC(C)(C)N1CCCC1. The van der Waals surface area contributed by atoms with Gasteiger partial charge in [-0.25, -0.2) is 0 Å². The molecule has 0 atom stereocenters. The van der Waals surface area contributed by atoms with Gasteiger partial charge in [-0.1, -0.05) is 0 Å². The Kier molecular flexibility index (Phi) is 4.20. The minimum Gasteiger partial charge on any atom is -0.320 e. The molecule has 0 saturated carbocycles. The van der Waals surface area contributed by atoms with Gasteiger partial charge < -0.3 is 5.32 Å². The molecule has 0 amide bonds. The standard InChI is InChI=1S/C11H24N2/c1-11(2,7-6-8-12-3)13-9-4-5-10-13/h12H,4-10H2,1-3H3. The zero-order valence-electron chi connectivity index (χ0n) is 9.40. The first-order valence-corrected chi connectivity index (χ1v) is 5.56. The van der Waals surface area contributed by atoms with E-state index in [4.69, 9.17) is 0 Å². The average Bonchev–Trinajstić information content (AvgIpc) is 2.56. The summed E-state index contributed by atoms with van der Waals surface area (Å²) in [6.45, 7) is 8.54. The molecule has 1 aliphatic heterocycles. The van der Waals surface area contributed by atoms with Crippen molar-refractivity contribution >= 4 is 0 Å². The van der Waals surface area contributed by atoms with Gasteiger partial charge in [-0.2, -0.15) is 0 Å². The van der Waals surface area contributed by atoms with Crippen molar-refractivity contribution < 1.29 is 0 Å². The molecule has 0 bridgehead atoms. The lowest BCUT2D eigenvalue weighted by molar-refractivity contribution is 0.141. The van der Waals surface area contributed by atoms with E-state index in [0.717, 1.165) is 6.54 Å². The second kappa shape index (κ2) is 4.97. The molecule has 1 aliphatic rings. The third-order valence-electron chi connectivity index (χ3n) is 3.18. The third kappa shape index (κ3) is 3.28. The van der Waals surface area contributed by atoms with E-state index in [0.29, 0.717) is 5.54 Å². The topological polar surface area (TPSA) is 15.3 Å². The number of rotatable bonds is 5. The first kappa shape index (κ1) is 11.0. The quantitative estimate of drug-likeness (QED) is 0.656. The molecule has 0 radical (unpaired) electrons. The first-order valence-electron chi connectivity index (χ1n) is 5.56. The lowest BCUT2D eigenvalue weighted by Gasteiger charge is -2.35. The molecule has 0 unspecified atom stereocenters. The van der Waals surface area contributed by atoms with Gasteiger partial charge in [0.1, 0.15) is 0 Å². The summed E-state index contributed by atoms with van der Waals surface area (Å²) in [7, 11) is 2.03. The fourth-order valence-corrected chi connectivity index (χ4v) is 2.18. The van der Waals surface area contributed by atoms with Crippen molar-refractivity contribution in [3.63, 3.8) is 0 Å². The summed E-state index contributed by atoms with van der Waals surface area (Å²) in [6, 6.07) is 0. The number of hydrogen-bond acceptors (Lipinski definition) is 2. The Morgan fingerprint density at radius 1 is 1.23 bits per heavy atom. The van der Waals surface area contributed by atoms with Crippen LogP contribution in [0.25, 0.3) is 0 Å². The highest BCUT2D eigenvalue weighted by Gasteiger charge is 2.27. The molecule has 0 aliphatic carbocycles. The first-order chi connectivity index (χ1) is 6.17. The van der Waals surface area contributed by atoms with Crippen LogP contribution < -0.4 is 5.32 Å². The van der Waals surface area contributed by atoms with Crippen LogP contribution in [0.3, 0.4) is 0 Å². The van der Waals surface area contributed by atoms with Gasteiger partial charge in [-0.3, -0.25) is 4.90 Å². The summed E-state index contributed by atoms with van der Waals surface area (Å²) in [4.78, 5) is 2.64. The molecule has 1 saturated heterocycles. The molecule has 0 aromatic rings. The Bertz CT molecular complexity index is 137. The predicted octanol–water partition coefficient (Wildman–Crippen LogP) is 1.86. The Labute approximate surface area is 82.7 Å². The molecule has 0 spiro atoms. The van der Waals surface area contributed by atoms with Crippen molar-refractivity contribution in [1.82, 2.24) is 10.2 Å². The van der Waals surface area contributed by atoms with Crippen LogP contribution in [0.4, 0.5) is 0 Å². The zero-order valence-corrected chi connectivity index (χ0v) is 9.40. The highest BCUT2D eigenvalue weighted by Crippen LogP contribution is 2.24. The molecular weight excluding hydrogens is 160 g/mol. The number of nitrogens with zero attached hydrogens (tertiary/aromatic N) is 1. The molecule has 1 rings (SSSR count). The van der Waals surface area contributed by atoms with Gasteiger partial charge in [0.25, 0.3) is 0 Å². The van der Waals surface area contributed by atoms with E-state index in [1.165, 1.54) is 38.8 Å². The van der Waals surface area contributed by atoms with Crippen molar-refractivity contribution in [1.29, 1.82) is 0 Å². The largest absolute Gasteiger partial charge is 0.320 e. The van der Waals surface area contributed by atoms with Gasteiger partial charge >= 0.3 is 0 Å². The van der Waals surface area contributed by atoms with Crippen LogP contribution in [-0.2, 0) is 0 Å². The van der Waals surface area contributed by atoms with E-state index < -0.39 is 0 Å². The monoisotopic (exact) mass is 184 g/mol. The number of hydrogen-bond donors (Lipinski definition) is 1. The minimum absolute atomic E-state index is 0.424. The summed E-state index contributed by atoms with van der Waals surface area (Å²) in [5, 5.41) is 3.21. The fraction of sp³-hybridized carbons (Fsp3) is 1.00. The van der Waals surface area contributed by atoms with Gasteiger partial charge in [0, 0.05) is 5.54 Å². The molecule has 2 nitrogen and oxygen atoms in total. The van der Waals surface area contributed by atoms with Gasteiger partial charge in [-0.05, 0) is 66.2 Å². The van der Waals surface area contributed by atoms with Gasteiger partial charge in [0.2, 0.25) is 0 Å². The highest BCUT2D eigenvalue weighted by atomic mass is 15.2. The van der Waals surface area contributed by atoms with Crippen molar-refractivity contribution in [2.24, 2.45) is 0 Å². The zero-order chi connectivity index (χ0) is 9.73. The average molecular weight is 184 g/mol. The Morgan fingerprint density at radius 2 is 1.85 bits per heavy atom. The van der Waals surface area contributed by atoms with E-state index in [-0.39, 0.29) is 0 Å². The van der Waals surface area contributed by atoms with E-state index in [2.05, 4.69) is 24.1 Å². The third-order valence-corrected chi connectivity index (χ3v) is 3.18. The van der Waals surface area contributed by atoms with Crippen LogP contribution in [0.5, 0.6) is 0 Å². The predicted molar refractivity (Wildman–Crippen MR) is 58.0 cm³/mol. The second-order valence-corrected chi connectivity index (χ2v) is 4.71. The van der Waals surface area contributed by atoms with E-state index in [1.807, 2.05) is 7.05 Å². The van der Waals surface area contributed by atoms with Crippen LogP contribution in [0, 0.1) is 0 Å². The van der Waals surface area contributed by atoms with Crippen molar-refractivity contribution in [3.8, 4) is 0 Å². The van der Waals surface area contributed by atoms with E-state index in [1.54, 1.807) is 0 Å². The van der Waals surface area contributed by atoms with Crippen LogP contribution in [0.1, 0.15) is 39.5 Å². The molecular formula is C11H24N2. The lowest BCUT2D eigenvalue weighted by atomic mass is 9.96. The smallest absolute Gasteiger partial charge is 0.0153 e. The maximum atomic E-state index is 3.21. The Morgan fingerprint density at radius 3 is 2.38 bits per heavy atom. The van der Waals surface area contributed by atoms with Gasteiger partial charge in [0.05, 0.1) is 0 Å². The molecule has 2 heteroatoms. The fourth-order valence-electron chi connectivity index (χ4n) is 2.18. The van der Waals surface area contributed by atoms with Crippen LogP contribution in [-0.4, -0.2) is 37.1 Å². The summed E-state index contributed by atoms with van der Waals surface area (Å²) >= 11 is 0. The van der Waals surface area contributed by atoms with Crippen LogP contribution >= 0.6 is 0 Å². The van der Waals surface area contributed by atoms with Crippen molar-refractivity contribution in [2.45, 2.75) is 45.1 Å². The molecule has 1 N–H and O–H groups in total.